The highest BCUT2D eigenvalue weighted by Gasteiger charge is 2.43. The van der Waals surface area contributed by atoms with Gasteiger partial charge in [-0.1, -0.05) is 43.3 Å². The predicted molar refractivity (Wildman–Crippen MR) is 237 cm³/mol. The zero-order valence-corrected chi connectivity index (χ0v) is 36.4. The van der Waals surface area contributed by atoms with Crippen LogP contribution >= 0.6 is 0 Å². The van der Waals surface area contributed by atoms with E-state index in [2.05, 4.69) is 113 Å². The highest BCUT2D eigenvalue weighted by atomic mass is 16.5. The van der Waals surface area contributed by atoms with Crippen LogP contribution in [0.4, 0.5) is 17.1 Å². The normalized spacial score (nSPS) is 14.3. The summed E-state index contributed by atoms with van der Waals surface area (Å²) in [6.07, 6.45) is 0.985. The minimum absolute atomic E-state index is 0.00964. The largest absolute Gasteiger partial charge is 0.394 e. The Hall–Kier alpha value is -3.38. The standard InChI is InChI=1S/C46H72N4O10/c1-4-26-54-36-37-58-29-19-48(17-27-56-33-23-51)44-13-7-41(8-14-44)46(50-21-31-55-32-22-50,40-5-11-43(12-6-40)47(2)3)42-9-15-45(16-10-42)49(18-28-57-34-24-52)20-30-59-38-39-60-35-25-53/h5-16,51-53H,4,17-39H2,1-3H3. The van der Waals surface area contributed by atoms with E-state index in [9.17, 15) is 10.2 Å². The van der Waals surface area contributed by atoms with Gasteiger partial charge in [0.05, 0.1) is 111 Å². The molecule has 0 radical (unpaired) electrons. The fraction of sp³-hybridized carbons (Fsp3) is 0.609. The molecular weight excluding hydrogens is 769 g/mol. The van der Waals surface area contributed by atoms with Crippen LogP contribution in [0.1, 0.15) is 30.0 Å². The van der Waals surface area contributed by atoms with Crippen molar-refractivity contribution in [2.45, 2.75) is 18.9 Å². The van der Waals surface area contributed by atoms with Crippen LogP contribution in [0.5, 0.6) is 0 Å². The second-order valence-corrected chi connectivity index (χ2v) is 14.7. The van der Waals surface area contributed by atoms with Gasteiger partial charge in [0.2, 0.25) is 0 Å². The number of rotatable bonds is 33. The molecule has 1 heterocycles. The Bertz CT molecular complexity index is 1430. The summed E-state index contributed by atoms with van der Waals surface area (Å²) in [5, 5.41) is 27.6. The van der Waals surface area contributed by atoms with Gasteiger partial charge in [0.25, 0.3) is 0 Å². The molecule has 1 saturated heterocycles. The number of ether oxygens (including phenoxy) is 7. The molecule has 3 aromatic rings. The molecule has 1 aliphatic heterocycles. The van der Waals surface area contributed by atoms with Crippen molar-refractivity contribution in [2.24, 2.45) is 0 Å². The molecule has 1 atom stereocenters. The van der Waals surface area contributed by atoms with E-state index in [-0.39, 0.29) is 26.4 Å². The maximum atomic E-state index is 9.31. The average molecular weight is 841 g/mol. The van der Waals surface area contributed by atoms with Gasteiger partial charge in [0.1, 0.15) is 0 Å². The molecular formula is C46H72N4O10. The van der Waals surface area contributed by atoms with Crippen molar-refractivity contribution in [2.75, 3.05) is 180 Å². The minimum atomic E-state index is -0.644. The molecule has 14 heteroatoms. The van der Waals surface area contributed by atoms with Crippen molar-refractivity contribution >= 4 is 17.1 Å². The quantitative estimate of drug-likeness (QED) is 0.0610. The summed E-state index contributed by atoms with van der Waals surface area (Å²) in [6.45, 7) is 13.0. The van der Waals surface area contributed by atoms with Crippen molar-refractivity contribution in [3.8, 4) is 0 Å². The Morgan fingerprint density at radius 1 is 0.483 bits per heavy atom. The van der Waals surface area contributed by atoms with Gasteiger partial charge >= 0.3 is 0 Å². The van der Waals surface area contributed by atoms with Crippen LogP contribution in [-0.2, 0) is 38.7 Å². The van der Waals surface area contributed by atoms with Gasteiger partial charge in [-0.25, -0.2) is 0 Å². The molecule has 1 fully saturated rings. The van der Waals surface area contributed by atoms with Gasteiger partial charge in [-0.2, -0.15) is 0 Å². The first-order chi connectivity index (χ1) is 29.5. The van der Waals surface area contributed by atoms with E-state index in [1.165, 1.54) is 0 Å². The van der Waals surface area contributed by atoms with E-state index in [1.807, 2.05) is 0 Å². The maximum Gasteiger partial charge on any atom is 0.0974 e. The fourth-order valence-corrected chi connectivity index (χ4v) is 7.40. The van der Waals surface area contributed by atoms with E-state index >= 15 is 0 Å². The molecule has 0 aromatic heterocycles. The monoisotopic (exact) mass is 841 g/mol. The third kappa shape index (κ3) is 15.5. The van der Waals surface area contributed by atoms with Crippen LogP contribution in [-0.4, -0.2) is 186 Å². The molecule has 336 valence electrons. The van der Waals surface area contributed by atoms with Crippen LogP contribution in [0.3, 0.4) is 0 Å². The Kier molecular flexibility index (Phi) is 23.8. The van der Waals surface area contributed by atoms with Crippen molar-refractivity contribution in [1.82, 2.24) is 4.90 Å². The zero-order chi connectivity index (χ0) is 42.7. The van der Waals surface area contributed by atoms with Gasteiger partial charge < -0.3 is 63.2 Å². The van der Waals surface area contributed by atoms with Crippen LogP contribution in [0.2, 0.25) is 0 Å². The second kappa shape index (κ2) is 29.0. The number of anilines is 3. The first-order valence-corrected chi connectivity index (χ1v) is 21.6. The number of benzene rings is 3. The lowest BCUT2D eigenvalue weighted by atomic mass is 9.75. The van der Waals surface area contributed by atoms with E-state index < -0.39 is 5.54 Å². The van der Waals surface area contributed by atoms with E-state index in [0.29, 0.717) is 105 Å². The summed E-state index contributed by atoms with van der Waals surface area (Å²) >= 11 is 0. The molecule has 0 amide bonds. The summed E-state index contributed by atoms with van der Waals surface area (Å²) in [7, 11) is 4.12. The Morgan fingerprint density at radius 2 is 0.817 bits per heavy atom. The van der Waals surface area contributed by atoms with E-state index in [0.717, 1.165) is 59.9 Å². The molecule has 0 spiro atoms. The van der Waals surface area contributed by atoms with Crippen LogP contribution in [0, 0.1) is 0 Å². The lowest BCUT2D eigenvalue weighted by Crippen LogP contribution is -2.52. The fourth-order valence-electron chi connectivity index (χ4n) is 7.40. The molecule has 3 N–H and O–H groups in total. The summed E-state index contributed by atoms with van der Waals surface area (Å²) in [5.41, 5.74) is 6.03. The van der Waals surface area contributed by atoms with Crippen molar-refractivity contribution in [3.63, 3.8) is 0 Å². The molecule has 0 bridgehead atoms. The van der Waals surface area contributed by atoms with Crippen molar-refractivity contribution in [1.29, 1.82) is 0 Å². The number of hydrogen-bond donors (Lipinski definition) is 3. The Balaban J connectivity index is 1.71. The van der Waals surface area contributed by atoms with Crippen LogP contribution in [0.15, 0.2) is 72.8 Å². The average Bonchev–Trinajstić information content (AvgIpc) is 3.28. The molecule has 3 aromatic carbocycles. The van der Waals surface area contributed by atoms with Gasteiger partial charge in [-0.15, -0.1) is 0 Å². The van der Waals surface area contributed by atoms with Gasteiger partial charge in [0.15, 0.2) is 0 Å². The zero-order valence-electron chi connectivity index (χ0n) is 36.4. The SMILES string of the molecule is CCCOCCOCCN(CCOCCO)c1ccc(C(c2ccc(N(C)C)cc2)(c2ccc(N(CCOCCO)CCOCCOCCO)cc2)N2CCOCC2)cc1. The number of nitrogens with zero attached hydrogens (tertiary/aromatic N) is 4. The molecule has 0 saturated carbocycles. The number of aliphatic hydroxyl groups is 3. The Labute approximate surface area is 358 Å². The first kappa shape index (κ1) is 49.3. The van der Waals surface area contributed by atoms with Gasteiger partial charge in [0, 0.05) is 77.0 Å². The maximum absolute atomic E-state index is 9.31. The van der Waals surface area contributed by atoms with Gasteiger partial charge in [-0.3, -0.25) is 4.90 Å². The lowest BCUT2D eigenvalue weighted by molar-refractivity contribution is 0.00227. The van der Waals surface area contributed by atoms with E-state index in [4.69, 9.17) is 38.3 Å². The first-order valence-electron chi connectivity index (χ1n) is 21.6. The molecule has 0 aliphatic carbocycles. The van der Waals surface area contributed by atoms with Gasteiger partial charge in [-0.05, 0) is 59.5 Å². The van der Waals surface area contributed by atoms with Crippen LogP contribution < -0.4 is 14.7 Å². The molecule has 14 nitrogen and oxygen atoms in total. The highest BCUT2D eigenvalue weighted by Crippen LogP contribution is 2.44. The third-order valence-electron chi connectivity index (χ3n) is 10.4. The highest BCUT2D eigenvalue weighted by molar-refractivity contribution is 5.59. The number of hydrogen-bond acceptors (Lipinski definition) is 14. The van der Waals surface area contributed by atoms with Crippen LogP contribution in [0.25, 0.3) is 0 Å². The van der Waals surface area contributed by atoms with E-state index in [1.54, 1.807) is 0 Å². The summed E-state index contributed by atoms with van der Waals surface area (Å²) in [5.74, 6) is 0. The van der Waals surface area contributed by atoms with Crippen molar-refractivity contribution in [3.05, 3.63) is 89.5 Å². The molecule has 60 heavy (non-hydrogen) atoms. The Morgan fingerprint density at radius 3 is 1.17 bits per heavy atom. The predicted octanol–water partition coefficient (Wildman–Crippen LogP) is 3.48. The molecule has 1 aliphatic rings. The lowest BCUT2D eigenvalue weighted by Gasteiger charge is -2.47. The summed E-state index contributed by atoms with van der Waals surface area (Å²) < 4.78 is 40.1. The second-order valence-electron chi connectivity index (χ2n) is 14.7. The topological polar surface area (TPSA) is 138 Å². The minimum Gasteiger partial charge on any atom is -0.394 e. The smallest absolute Gasteiger partial charge is 0.0974 e. The summed E-state index contributed by atoms with van der Waals surface area (Å²) in [6, 6.07) is 26.7. The number of morpholine rings is 1. The molecule has 4 rings (SSSR count). The summed E-state index contributed by atoms with van der Waals surface area (Å²) in [4.78, 5) is 9.19. The molecule has 1 unspecified atom stereocenters. The third-order valence-corrected chi connectivity index (χ3v) is 10.4. The van der Waals surface area contributed by atoms with Crippen molar-refractivity contribution < 1.29 is 48.5 Å². The number of aliphatic hydroxyl groups excluding tert-OH is 3.